The number of hydrogen-bond donors (Lipinski definition) is 2. The Bertz CT molecular complexity index is 814. The Labute approximate surface area is 195 Å². The number of hydrogen-bond acceptors (Lipinski definition) is 3. The number of nitrogens with one attached hydrogen (secondary N) is 2. The number of carbonyl (C=O) groups is 2. The van der Waals surface area contributed by atoms with E-state index in [0.717, 1.165) is 51.4 Å². The van der Waals surface area contributed by atoms with Crippen LogP contribution in [0.2, 0.25) is 0 Å². The van der Waals surface area contributed by atoms with E-state index in [1.54, 1.807) is 0 Å². The molecule has 0 saturated carbocycles. The molecule has 8 heteroatoms. The minimum atomic E-state index is 0. The Hall–Kier alpha value is -1.84. The summed E-state index contributed by atoms with van der Waals surface area (Å²) in [6.45, 7) is 4.85. The molecule has 3 aliphatic heterocycles. The number of benzene rings is 1. The van der Waals surface area contributed by atoms with Crippen LogP contribution in [0.15, 0.2) is 29.3 Å². The molecule has 30 heavy (non-hydrogen) atoms. The van der Waals surface area contributed by atoms with Crippen LogP contribution in [0.25, 0.3) is 0 Å². The van der Waals surface area contributed by atoms with Crippen molar-refractivity contribution in [1.82, 2.24) is 20.4 Å². The normalized spacial score (nSPS) is 24.2. The van der Waals surface area contributed by atoms with Crippen molar-refractivity contribution in [2.45, 2.75) is 45.2 Å². The van der Waals surface area contributed by atoms with E-state index in [1.807, 2.05) is 11.9 Å². The Morgan fingerprint density at radius 3 is 2.77 bits per heavy atom. The van der Waals surface area contributed by atoms with E-state index >= 15 is 0 Å². The van der Waals surface area contributed by atoms with Gasteiger partial charge in [-0.05, 0) is 30.4 Å². The zero-order valence-electron chi connectivity index (χ0n) is 17.7. The molecule has 1 unspecified atom stereocenters. The third-order valence-corrected chi connectivity index (χ3v) is 6.36. The quantitative estimate of drug-likeness (QED) is 0.359. The minimum Gasteiger partial charge on any atom is -0.355 e. The highest BCUT2D eigenvalue weighted by atomic mass is 127. The van der Waals surface area contributed by atoms with Crippen LogP contribution in [0, 0.1) is 5.41 Å². The van der Waals surface area contributed by atoms with Gasteiger partial charge in [0.25, 0.3) is 0 Å². The average molecular weight is 525 g/mol. The molecule has 1 aromatic rings. The maximum atomic E-state index is 11.9. The lowest BCUT2D eigenvalue weighted by Gasteiger charge is -2.40. The van der Waals surface area contributed by atoms with Gasteiger partial charge in [0, 0.05) is 64.6 Å². The van der Waals surface area contributed by atoms with Gasteiger partial charge in [-0.1, -0.05) is 24.3 Å². The highest BCUT2D eigenvalue weighted by Gasteiger charge is 2.42. The zero-order valence-corrected chi connectivity index (χ0v) is 20.0. The Balaban J connectivity index is 0.00000256. The summed E-state index contributed by atoms with van der Waals surface area (Å²) in [6, 6.07) is 8.42. The molecule has 1 aromatic carbocycles. The first-order valence-corrected chi connectivity index (χ1v) is 10.6. The Morgan fingerprint density at radius 2 is 2.07 bits per heavy atom. The SMILES string of the molecule is CN=C(NCc1cccc(CN2CCCC2=O)c1)N1CCCC2(CNC(=O)C2)C1.I. The molecule has 0 bridgehead atoms. The van der Waals surface area contributed by atoms with Crippen LogP contribution in [0.3, 0.4) is 0 Å². The number of aliphatic imine (C=N–C) groups is 1. The van der Waals surface area contributed by atoms with E-state index < -0.39 is 0 Å². The smallest absolute Gasteiger partial charge is 0.222 e. The molecule has 7 nitrogen and oxygen atoms in total. The molecule has 164 valence electrons. The van der Waals surface area contributed by atoms with Gasteiger partial charge in [-0.3, -0.25) is 14.6 Å². The molecule has 0 radical (unpaired) electrons. The number of rotatable bonds is 4. The van der Waals surface area contributed by atoms with Crippen molar-refractivity contribution in [2.75, 3.05) is 33.2 Å². The molecule has 1 atom stereocenters. The number of amides is 2. The van der Waals surface area contributed by atoms with E-state index in [4.69, 9.17) is 0 Å². The van der Waals surface area contributed by atoms with E-state index in [1.165, 1.54) is 11.1 Å². The first-order chi connectivity index (χ1) is 14.1. The number of likely N-dealkylation sites (tertiary alicyclic amines) is 2. The van der Waals surface area contributed by atoms with Crippen LogP contribution in [0.5, 0.6) is 0 Å². The largest absolute Gasteiger partial charge is 0.355 e. The summed E-state index contributed by atoms with van der Waals surface area (Å²) >= 11 is 0. The van der Waals surface area contributed by atoms with Crippen molar-refractivity contribution in [3.8, 4) is 0 Å². The number of carbonyl (C=O) groups excluding carboxylic acids is 2. The lowest BCUT2D eigenvalue weighted by Crippen LogP contribution is -2.51. The van der Waals surface area contributed by atoms with Crippen LogP contribution < -0.4 is 10.6 Å². The topological polar surface area (TPSA) is 77.0 Å². The van der Waals surface area contributed by atoms with Gasteiger partial charge < -0.3 is 20.4 Å². The monoisotopic (exact) mass is 525 g/mol. The number of halogens is 1. The Morgan fingerprint density at radius 1 is 1.23 bits per heavy atom. The third-order valence-electron chi connectivity index (χ3n) is 6.36. The lowest BCUT2D eigenvalue weighted by molar-refractivity contribution is -0.128. The average Bonchev–Trinajstić information content (AvgIpc) is 3.28. The van der Waals surface area contributed by atoms with E-state index in [-0.39, 0.29) is 41.2 Å². The molecule has 3 fully saturated rings. The second-order valence-electron chi connectivity index (χ2n) is 8.62. The van der Waals surface area contributed by atoms with Gasteiger partial charge >= 0.3 is 0 Å². The first-order valence-electron chi connectivity index (χ1n) is 10.6. The molecular formula is C22H32IN5O2. The van der Waals surface area contributed by atoms with Gasteiger partial charge in [-0.15, -0.1) is 24.0 Å². The summed E-state index contributed by atoms with van der Waals surface area (Å²) in [5.41, 5.74) is 2.40. The van der Waals surface area contributed by atoms with E-state index in [0.29, 0.717) is 25.9 Å². The first kappa shape index (κ1) is 22.8. The van der Waals surface area contributed by atoms with Crippen molar-refractivity contribution in [1.29, 1.82) is 0 Å². The van der Waals surface area contributed by atoms with E-state index in [9.17, 15) is 9.59 Å². The molecular weight excluding hydrogens is 493 g/mol. The fourth-order valence-corrected chi connectivity index (χ4v) is 4.87. The van der Waals surface area contributed by atoms with Gasteiger partial charge in [0.15, 0.2) is 5.96 Å². The van der Waals surface area contributed by atoms with Crippen LogP contribution >= 0.6 is 24.0 Å². The van der Waals surface area contributed by atoms with Crippen LogP contribution in [-0.2, 0) is 22.7 Å². The van der Waals surface area contributed by atoms with Crippen molar-refractivity contribution >= 4 is 41.8 Å². The minimum absolute atomic E-state index is 0. The van der Waals surface area contributed by atoms with Crippen molar-refractivity contribution < 1.29 is 9.59 Å². The highest BCUT2D eigenvalue weighted by Crippen LogP contribution is 2.36. The number of nitrogens with zero attached hydrogens (tertiary/aromatic N) is 3. The van der Waals surface area contributed by atoms with Gasteiger partial charge in [-0.25, -0.2) is 0 Å². The second kappa shape index (κ2) is 9.98. The summed E-state index contributed by atoms with van der Waals surface area (Å²) < 4.78 is 0. The van der Waals surface area contributed by atoms with Crippen LogP contribution in [0.4, 0.5) is 0 Å². The summed E-state index contributed by atoms with van der Waals surface area (Å²) in [5, 5.41) is 6.49. The lowest BCUT2D eigenvalue weighted by atomic mass is 9.79. The number of piperidine rings is 1. The summed E-state index contributed by atoms with van der Waals surface area (Å²) in [7, 11) is 1.82. The summed E-state index contributed by atoms with van der Waals surface area (Å²) in [6.07, 6.45) is 4.44. The Kier molecular flexibility index (Phi) is 7.60. The fourth-order valence-electron chi connectivity index (χ4n) is 4.87. The molecule has 1 spiro atoms. The van der Waals surface area contributed by atoms with Crippen molar-refractivity contribution in [3.63, 3.8) is 0 Å². The second-order valence-corrected chi connectivity index (χ2v) is 8.62. The summed E-state index contributed by atoms with van der Waals surface area (Å²) in [4.78, 5) is 32.4. The molecule has 0 aromatic heterocycles. The molecule has 0 aliphatic carbocycles. The molecule has 2 N–H and O–H groups in total. The standard InChI is InChI=1S/C22H31N5O2.HI/c1-23-21(27-10-4-8-22(16-27)12-19(28)25-15-22)24-13-17-5-2-6-18(11-17)14-26-9-3-7-20(26)29;/h2,5-6,11H,3-4,7-10,12-16H2,1H3,(H,23,24)(H,25,28);1H. The fraction of sp³-hybridized carbons (Fsp3) is 0.591. The molecule has 2 amide bonds. The number of guanidine groups is 1. The maximum Gasteiger partial charge on any atom is 0.222 e. The third kappa shape index (κ3) is 5.25. The predicted octanol–water partition coefficient (Wildman–Crippen LogP) is 2.10. The molecule has 3 aliphatic rings. The zero-order chi connectivity index (χ0) is 20.3. The predicted molar refractivity (Wildman–Crippen MR) is 128 cm³/mol. The van der Waals surface area contributed by atoms with Crippen LogP contribution in [-0.4, -0.2) is 60.8 Å². The highest BCUT2D eigenvalue weighted by molar-refractivity contribution is 14.0. The van der Waals surface area contributed by atoms with Crippen molar-refractivity contribution in [3.05, 3.63) is 35.4 Å². The van der Waals surface area contributed by atoms with Gasteiger partial charge in [0.2, 0.25) is 11.8 Å². The van der Waals surface area contributed by atoms with Crippen LogP contribution in [0.1, 0.15) is 43.2 Å². The van der Waals surface area contributed by atoms with Gasteiger partial charge in [-0.2, -0.15) is 0 Å². The van der Waals surface area contributed by atoms with Gasteiger partial charge in [0.1, 0.15) is 0 Å². The molecule has 3 saturated heterocycles. The summed E-state index contributed by atoms with van der Waals surface area (Å²) in [5.74, 6) is 1.32. The molecule has 3 heterocycles. The van der Waals surface area contributed by atoms with Crippen molar-refractivity contribution in [2.24, 2.45) is 10.4 Å². The molecule has 4 rings (SSSR count). The maximum absolute atomic E-state index is 11.9. The van der Waals surface area contributed by atoms with E-state index in [2.05, 4.69) is 44.8 Å². The van der Waals surface area contributed by atoms with Gasteiger partial charge in [0.05, 0.1) is 0 Å².